The topological polar surface area (TPSA) is 120 Å². The van der Waals surface area contributed by atoms with E-state index in [1.807, 2.05) is 0 Å². The Labute approximate surface area is 134 Å². The minimum absolute atomic E-state index is 0.109. The van der Waals surface area contributed by atoms with Crippen molar-refractivity contribution in [3.63, 3.8) is 0 Å². The highest BCUT2D eigenvalue weighted by molar-refractivity contribution is 8.15. The van der Waals surface area contributed by atoms with Crippen LogP contribution in [0.3, 0.4) is 0 Å². The zero-order chi connectivity index (χ0) is 16.3. The lowest BCUT2D eigenvalue weighted by Gasteiger charge is -2.08. The molecule has 1 atom stereocenters. The first-order chi connectivity index (χ1) is 10.3. The number of amides is 2. The number of hydrogen-bond acceptors (Lipinski definition) is 4. The normalized spacial score (nSPS) is 19.1. The number of carbonyl (C=O) groups excluding carboxylic acids is 2. The van der Waals surface area contributed by atoms with Crippen LogP contribution in [0, 0.1) is 11.2 Å². The average molecular weight is 344 g/mol. The van der Waals surface area contributed by atoms with Gasteiger partial charge in [0, 0.05) is 12.1 Å². The largest absolute Gasteiger partial charge is 0.368 e. The highest BCUT2D eigenvalue weighted by Gasteiger charge is 2.32. The molecule has 1 aliphatic heterocycles. The number of nitrogens with zero attached hydrogens (tertiary/aromatic N) is 1. The van der Waals surface area contributed by atoms with Gasteiger partial charge in [0.2, 0.25) is 17.8 Å². The predicted octanol–water partition coefficient (Wildman–Crippen LogP) is 1.29. The lowest BCUT2D eigenvalue weighted by atomic mass is 10.2. The Balaban J connectivity index is 1.96. The number of aliphatic imine (C=N–C) groups is 1. The monoisotopic (exact) mass is 343 g/mol. The van der Waals surface area contributed by atoms with Crippen LogP contribution in [0.1, 0.15) is 6.42 Å². The van der Waals surface area contributed by atoms with Gasteiger partial charge >= 0.3 is 0 Å². The van der Waals surface area contributed by atoms with Crippen molar-refractivity contribution in [1.82, 2.24) is 5.32 Å². The maximum absolute atomic E-state index is 13.0. The SMILES string of the molecule is N=C(N)N=C1NC(=O)C(CC(=O)Nc2ccc(F)c(Cl)c2)S1. The summed E-state index contributed by atoms with van der Waals surface area (Å²) in [6.07, 6.45) is -0.109. The average Bonchev–Trinajstić information content (AvgIpc) is 2.73. The van der Waals surface area contributed by atoms with Crippen molar-refractivity contribution in [2.75, 3.05) is 5.32 Å². The first-order valence-electron chi connectivity index (χ1n) is 6.00. The number of carbonyl (C=O) groups is 2. The lowest BCUT2D eigenvalue weighted by molar-refractivity contribution is -0.122. The molecule has 0 radical (unpaired) electrons. The maximum atomic E-state index is 13.0. The number of rotatable bonds is 3. The smallest absolute Gasteiger partial charge is 0.240 e. The van der Waals surface area contributed by atoms with Gasteiger partial charge in [0.1, 0.15) is 11.1 Å². The summed E-state index contributed by atoms with van der Waals surface area (Å²) in [5, 5.41) is 11.4. The van der Waals surface area contributed by atoms with Crippen LogP contribution in [0.4, 0.5) is 10.1 Å². The van der Waals surface area contributed by atoms with Crippen LogP contribution in [0.25, 0.3) is 0 Å². The molecule has 22 heavy (non-hydrogen) atoms. The van der Waals surface area contributed by atoms with E-state index in [9.17, 15) is 14.0 Å². The van der Waals surface area contributed by atoms with E-state index < -0.39 is 28.8 Å². The van der Waals surface area contributed by atoms with Crippen LogP contribution in [-0.4, -0.2) is 28.2 Å². The summed E-state index contributed by atoms with van der Waals surface area (Å²) >= 11 is 6.63. The van der Waals surface area contributed by atoms with Crippen molar-refractivity contribution in [2.45, 2.75) is 11.7 Å². The Morgan fingerprint density at radius 3 is 2.95 bits per heavy atom. The van der Waals surface area contributed by atoms with E-state index in [-0.39, 0.29) is 16.6 Å². The van der Waals surface area contributed by atoms with E-state index >= 15 is 0 Å². The molecule has 2 rings (SSSR count). The minimum Gasteiger partial charge on any atom is -0.368 e. The van der Waals surface area contributed by atoms with Crippen LogP contribution in [0.5, 0.6) is 0 Å². The first-order valence-corrected chi connectivity index (χ1v) is 7.26. The number of amidine groups is 1. The summed E-state index contributed by atoms with van der Waals surface area (Å²) in [6.45, 7) is 0. The lowest BCUT2D eigenvalue weighted by Crippen LogP contribution is -2.28. The van der Waals surface area contributed by atoms with Crippen molar-refractivity contribution in [3.8, 4) is 0 Å². The van der Waals surface area contributed by atoms with Gasteiger partial charge in [0.15, 0.2) is 5.17 Å². The summed E-state index contributed by atoms with van der Waals surface area (Å²) in [5.41, 5.74) is 5.43. The Kier molecular flexibility index (Phi) is 4.99. The molecule has 2 amide bonds. The summed E-state index contributed by atoms with van der Waals surface area (Å²) in [4.78, 5) is 27.2. The molecule has 1 fully saturated rings. The van der Waals surface area contributed by atoms with Gasteiger partial charge in [-0.3, -0.25) is 15.0 Å². The molecule has 1 saturated heterocycles. The summed E-state index contributed by atoms with van der Waals surface area (Å²) < 4.78 is 13.0. The third-order valence-corrected chi connectivity index (χ3v) is 3.94. The fourth-order valence-corrected chi connectivity index (χ4v) is 2.82. The summed E-state index contributed by atoms with van der Waals surface area (Å²) in [6, 6.07) is 3.77. The molecule has 1 aromatic carbocycles. The van der Waals surface area contributed by atoms with Crippen LogP contribution < -0.4 is 16.4 Å². The van der Waals surface area contributed by atoms with Crippen LogP contribution in [0.2, 0.25) is 5.02 Å². The third kappa shape index (κ3) is 4.18. The van der Waals surface area contributed by atoms with Crippen LogP contribution in [-0.2, 0) is 9.59 Å². The second-order valence-corrected chi connectivity index (χ2v) is 5.88. The van der Waals surface area contributed by atoms with E-state index in [0.717, 1.165) is 17.8 Å². The molecule has 0 bridgehead atoms. The standard InChI is InChI=1S/C12H11ClFN5O2S/c13-6-3-5(1-2-7(6)14)17-9(20)4-8-10(21)18-12(22-8)19-11(15)16/h1-3,8H,4H2,(H,17,20)(H4,15,16,18,19,21). The molecule has 7 nitrogen and oxygen atoms in total. The van der Waals surface area contributed by atoms with Crippen LogP contribution >= 0.6 is 23.4 Å². The van der Waals surface area contributed by atoms with Gasteiger partial charge in [-0.1, -0.05) is 23.4 Å². The molecule has 5 N–H and O–H groups in total. The fraction of sp³-hybridized carbons (Fsp3) is 0.167. The van der Waals surface area contributed by atoms with Gasteiger partial charge in [0.05, 0.1) is 5.02 Å². The maximum Gasteiger partial charge on any atom is 0.240 e. The van der Waals surface area contributed by atoms with Gasteiger partial charge in [-0.25, -0.2) is 4.39 Å². The van der Waals surface area contributed by atoms with Gasteiger partial charge < -0.3 is 16.4 Å². The highest BCUT2D eigenvalue weighted by atomic mass is 35.5. The summed E-state index contributed by atoms with van der Waals surface area (Å²) in [7, 11) is 0. The summed E-state index contributed by atoms with van der Waals surface area (Å²) in [5.74, 6) is -1.85. The number of nitrogens with one attached hydrogen (secondary N) is 3. The minimum atomic E-state index is -0.672. The number of anilines is 1. The predicted molar refractivity (Wildman–Crippen MR) is 83.5 cm³/mol. The second kappa shape index (κ2) is 6.75. The first kappa shape index (κ1) is 16.2. The van der Waals surface area contributed by atoms with Crippen molar-refractivity contribution >= 4 is 52.0 Å². The number of benzene rings is 1. The van der Waals surface area contributed by atoms with Crippen molar-refractivity contribution in [2.24, 2.45) is 10.7 Å². The Hall–Kier alpha value is -2.13. The molecule has 0 spiro atoms. The Morgan fingerprint density at radius 1 is 1.59 bits per heavy atom. The Morgan fingerprint density at radius 2 is 2.32 bits per heavy atom. The van der Waals surface area contributed by atoms with E-state index in [4.69, 9.17) is 22.7 Å². The highest BCUT2D eigenvalue weighted by Crippen LogP contribution is 2.24. The zero-order valence-corrected chi connectivity index (χ0v) is 12.6. The molecule has 0 aromatic heterocycles. The van der Waals surface area contributed by atoms with Crippen LogP contribution in [0.15, 0.2) is 23.2 Å². The van der Waals surface area contributed by atoms with Crippen molar-refractivity contribution in [3.05, 3.63) is 29.0 Å². The molecule has 116 valence electrons. The fourth-order valence-electron chi connectivity index (χ4n) is 1.66. The third-order valence-electron chi connectivity index (χ3n) is 2.57. The van der Waals surface area contributed by atoms with E-state index in [1.165, 1.54) is 12.1 Å². The molecule has 0 aliphatic carbocycles. The number of guanidine groups is 1. The quantitative estimate of drug-likeness (QED) is 0.488. The molecular formula is C12H11ClFN5O2S. The zero-order valence-electron chi connectivity index (χ0n) is 11.0. The number of halogens is 2. The van der Waals surface area contributed by atoms with E-state index in [1.54, 1.807) is 0 Å². The van der Waals surface area contributed by atoms with E-state index in [2.05, 4.69) is 15.6 Å². The van der Waals surface area contributed by atoms with Crippen molar-refractivity contribution < 1.29 is 14.0 Å². The molecule has 1 aromatic rings. The number of thioether (sulfide) groups is 1. The Bertz CT molecular complexity index is 681. The van der Waals surface area contributed by atoms with Gasteiger partial charge in [0.25, 0.3) is 0 Å². The van der Waals surface area contributed by atoms with Gasteiger partial charge in [-0.2, -0.15) is 4.99 Å². The molecular weight excluding hydrogens is 333 g/mol. The number of nitrogens with two attached hydrogens (primary N) is 1. The molecule has 10 heteroatoms. The molecule has 1 heterocycles. The molecule has 1 aliphatic rings. The van der Waals surface area contributed by atoms with Gasteiger partial charge in [-0.15, -0.1) is 0 Å². The van der Waals surface area contributed by atoms with Crippen molar-refractivity contribution in [1.29, 1.82) is 5.41 Å². The molecule has 1 unspecified atom stereocenters. The number of hydrogen-bond donors (Lipinski definition) is 4. The van der Waals surface area contributed by atoms with Gasteiger partial charge in [-0.05, 0) is 18.2 Å². The second-order valence-electron chi connectivity index (χ2n) is 4.28. The van der Waals surface area contributed by atoms with E-state index in [0.29, 0.717) is 5.69 Å². The molecule has 0 saturated carbocycles.